The number of aromatic nitrogens is 3. The Morgan fingerprint density at radius 1 is 1.33 bits per heavy atom. The fraction of sp³-hybridized carbons (Fsp3) is 0.389. The molecule has 2 atom stereocenters. The number of rotatable bonds is 5. The summed E-state index contributed by atoms with van der Waals surface area (Å²) in [6.45, 7) is 1.74. The SMILES string of the molecule is CCOC(=O)[C@@H]1CN(C(=O)O)CC[C@@H]1NC(=O)c1cn(-c2ccc(F)cc2F)nn1. The molecule has 12 heteroatoms. The van der Waals surface area contributed by atoms with E-state index in [9.17, 15) is 28.3 Å². The van der Waals surface area contributed by atoms with Crippen molar-refractivity contribution in [2.75, 3.05) is 19.7 Å². The summed E-state index contributed by atoms with van der Waals surface area (Å²) < 4.78 is 32.9. The molecule has 1 aliphatic rings. The molecule has 2 heterocycles. The first-order valence-electron chi connectivity index (χ1n) is 9.13. The Labute approximate surface area is 169 Å². The van der Waals surface area contributed by atoms with Gasteiger partial charge in [-0.15, -0.1) is 5.10 Å². The molecule has 0 spiro atoms. The number of ether oxygens (including phenoxy) is 1. The monoisotopic (exact) mass is 423 g/mol. The minimum absolute atomic E-state index is 0.0953. The number of nitrogens with one attached hydrogen (secondary N) is 1. The van der Waals surface area contributed by atoms with Gasteiger partial charge in [-0.05, 0) is 25.5 Å². The summed E-state index contributed by atoms with van der Waals surface area (Å²) in [6.07, 6.45) is 0.193. The molecule has 2 aromatic rings. The third-order valence-electron chi connectivity index (χ3n) is 4.67. The van der Waals surface area contributed by atoms with Gasteiger partial charge in [-0.2, -0.15) is 0 Å². The molecule has 2 amide bonds. The zero-order valence-electron chi connectivity index (χ0n) is 15.9. The molecule has 1 saturated heterocycles. The average Bonchev–Trinajstić information content (AvgIpc) is 3.18. The van der Waals surface area contributed by atoms with Gasteiger partial charge < -0.3 is 20.1 Å². The van der Waals surface area contributed by atoms with Crippen LogP contribution in [-0.4, -0.2) is 68.7 Å². The van der Waals surface area contributed by atoms with Gasteiger partial charge in [-0.1, -0.05) is 5.21 Å². The van der Waals surface area contributed by atoms with Crippen LogP contribution in [0.3, 0.4) is 0 Å². The van der Waals surface area contributed by atoms with Gasteiger partial charge in [-0.25, -0.2) is 18.3 Å². The van der Waals surface area contributed by atoms with Crippen molar-refractivity contribution in [1.29, 1.82) is 0 Å². The van der Waals surface area contributed by atoms with Gasteiger partial charge in [0.1, 0.15) is 11.5 Å². The molecule has 1 aromatic carbocycles. The Balaban J connectivity index is 1.74. The highest BCUT2D eigenvalue weighted by molar-refractivity contribution is 5.92. The fourth-order valence-corrected chi connectivity index (χ4v) is 3.18. The molecule has 1 aliphatic heterocycles. The summed E-state index contributed by atoms with van der Waals surface area (Å²) in [5.74, 6) is -3.82. The Morgan fingerprint density at radius 3 is 2.77 bits per heavy atom. The molecule has 1 fully saturated rings. The summed E-state index contributed by atoms with van der Waals surface area (Å²) in [5, 5.41) is 19.2. The van der Waals surface area contributed by atoms with Gasteiger partial charge in [0.25, 0.3) is 5.91 Å². The van der Waals surface area contributed by atoms with Crippen molar-refractivity contribution >= 4 is 18.0 Å². The number of hydrogen-bond acceptors (Lipinski definition) is 6. The molecule has 0 unspecified atom stereocenters. The topological polar surface area (TPSA) is 127 Å². The van der Waals surface area contributed by atoms with Crippen molar-refractivity contribution in [3.63, 3.8) is 0 Å². The quantitative estimate of drug-likeness (QED) is 0.692. The molecule has 160 valence electrons. The average molecular weight is 423 g/mol. The van der Waals surface area contributed by atoms with Crippen LogP contribution >= 0.6 is 0 Å². The number of carboxylic acid groups (broad SMARTS) is 1. The number of halogens is 2. The zero-order chi connectivity index (χ0) is 21.8. The van der Waals surface area contributed by atoms with Crippen LogP contribution in [0.4, 0.5) is 13.6 Å². The molecule has 2 N–H and O–H groups in total. The summed E-state index contributed by atoms with van der Waals surface area (Å²) in [7, 11) is 0. The Hall–Kier alpha value is -3.57. The van der Waals surface area contributed by atoms with Crippen molar-refractivity contribution < 1.29 is 33.0 Å². The van der Waals surface area contributed by atoms with Crippen molar-refractivity contribution in [3.8, 4) is 5.69 Å². The molecule has 0 radical (unpaired) electrons. The highest BCUT2D eigenvalue weighted by Crippen LogP contribution is 2.20. The third-order valence-corrected chi connectivity index (χ3v) is 4.67. The highest BCUT2D eigenvalue weighted by Gasteiger charge is 2.38. The second kappa shape index (κ2) is 8.84. The summed E-state index contributed by atoms with van der Waals surface area (Å²) >= 11 is 0. The first-order valence-corrected chi connectivity index (χ1v) is 9.13. The minimum atomic E-state index is -1.17. The van der Waals surface area contributed by atoms with E-state index in [1.807, 2.05) is 0 Å². The molecular weight excluding hydrogens is 404 g/mol. The smallest absolute Gasteiger partial charge is 0.407 e. The molecule has 0 bridgehead atoms. The third kappa shape index (κ3) is 4.53. The summed E-state index contributed by atoms with van der Waals surface area (Å²) in [6, 6.07) is 2.19. The molecule has 1 aromatic heterocycles. The van der Waals surface area contributed by atoms with E-state index in [0.29, 0.717) is 6.07 Å². The van der Waals surface area contributed by atoms with Crippen molar-refractivity contribution in [1.82, 2.24) is 25.2 Å². The van der Waals surface area contributed by atoms with Crippen LogP contribution in [0.1, 0.15) is 23.8 Å². The van der Waals surface area contributed by atoms with Gasteiger partial charge in [-0.3, -0.25) is 9.59 Å². The fourth-order valence-electron chi connectivity index (χ4n) is 3.18. The van der Waals surface area contributed by atoms with E-state index in [1.54, 1.807) is 6.92 Å². The lowest BCUT2D eigenvalue weighted by Crippen LogP contribution is -2.55. The molecule has 0 aliphatic carbocycles. The van der Waals surface area contributed by atoms with E-state index in [4.69, 9.17) is 4.74 Å². The maximum atomic E-state index is 13.9. The van der Waals surface area contributed by atoms with Crippen molar-refractivity contribution in [3.05, 3.63) is 41.7 Å². The van der Waals surface area contributed by atoms with E-state index < -0.39 is 41.6 Å². The van der Waals surface area contributed by atoms with Crippen LogP contribution in [0.2, 0.25) is 0 Å². The van der Waals surface area contributed by atoms with Crippen molar-refractivity contribution in [2.45, 2.75) is 19.4 Å². The number of carbonyl (C=O) groups is 3. The minimum Gasteiger partial charge on any atom is -0.466 e. The van der Waals surface area contributed by atoms with Crippen LogP contribution in [-0.2, 0) is 9.53 Å². The van der Waals surface area contributed by atoms with Gasteiger partial charge in [0.05, 0.1) is 18.7 Å². The van der Waals surface area contributed by atoms with E-state index in [1.165, 1.54) is 0 Å². The standard InChI is InChI=1S/C18H19F2N5O5/c1-2-30-17(27)11-8-24(18(28)29)6-5-13(11)21-16(26)14-9-25(23-22-14)15-4-3-10(19)7-12(15)20/h3-4,7,9,11,13H,2,5-6,8H2,1H3,(H,21,26)(H,28,29)/t11-,13+/m1/s1. The first-order chi connectivity index (χ1) is 14.3. The predicted octanol–water partition coefficient (Wildman–Crippen LogP) is 1.21. The van der Waals surface area contributed by atoms with Gasteiger partial charge in [0.2, 0.25) is 0 Å². The molecule has 30 heavy (non-hydrogen) atoms. The van der Waals surface area contributed by atoms with E-state index in [-0.39, 0.29) is 37.5 Å². The lowest BCUT2D eigenvalue weighted by atomic mass is 9.92. The summed E-state index contributed by atoms with van der Waals surface area (Å²) in [5.41, 5.74) is -0.246. The molecule has 0 saturated carbocycles. The van der Waals surface area contributed by atoms with E-state index in [2.05, 4.69) is 15.6 Å². The predicted molar refractivity (Wildman–Crippen MR) is 96.9 cm³/mol. The second-order valence-electron chi connectivity index (χ2n) is 6.60. The van der Waals surface area contributed by atoms with Gasteiger partial charge in [0, 0.05) is 25.2 Å². The van der Waals surface area contributed by atoms with E-state index in [0.717, 1.165) is 27.9 Å². The van der Waals surface area contributed by atoms with Gasteiger partial charge >= 0.3 is 12.1 Å². The number of esters is 1. The number of benzene rings is 1. The number of carbonyl (C=O) groups excluding carboxylic acids is 2. The zero-order valence-corrected chi connectivity index (χ0v) is 15.9. The normalized spacial score (nSPS) is 18.7. The number of likely N-dealkylation sites (tertiary alicyclic amines) is 1. The van der Waals surface area contributed by atoms with E-state index >= 15 is 0 Å². The Kier molecular flexibility index (Phi) is 6.23. The first kappa shape index (κ1) is 21.1. The number of hydrogen-bond donors (Lipinski definition) is 2. The number of amides is 2. The van der Waals surface area contributed by atoms with Crippen LogP contribution in [0.25, 0.3) is 5.69 Å². The van der Waals surface area contributed by atoms with Crippen LogP contribution in [0.15, 0.2) is 24.4 Å². The molecular formula is C18H19F2N5O5. The van der Waals surface area contributed by atoms with Gasteiger partial charge in [0.15, 0.2) is 11.5 Å². The largest absolute Gasteiger partial charge is 0.466 e. The summed E-state index contributed by atoms with van der Waals surface area (Å²) in [4.78, 5) is 37.1. The molecule has 10 nitrogen and oxygen atoms in total. The number of piperidine rings is 1. The van der Waals surface area contributed by atoms with Crippen LogP contribution < -0.4 is 5.32 Å². The lowest BCUT2D eigenvalue weighted by Gasteiger charge is -2.35. The molecule has 3 rings (SSSR count). The maximum absolute atomic E-state index is 13.9. The van der Waals surface area contributed by atoms with Crippen molar-refractivity contribution in [2.24, 2.45) is 5.92 Å². The second-order valence-corrected chi connectivity index (χ2v) is 6.60. The van der Waals surface area contributed by atoms with Crippen LogP contribution in [0.5, 0.6) is 0 Å². The highest BCUT2D eigenvalue weighted by atomic mass is 19.1. The van der Waals surface area contributed by atoms with Crippen LogP contribution in [0, 0.1) is 17.6 Å². The lowest BCUT2D eigenvalue weighted by molar-refractivity contribution is -0.150. The number of nitrogens with zero attached hydrogens (tertiary/aromatic N) is 4. The Morgan fingerprint density at radius 2 is 2.10 bits per heavy atom. The Bertz CT molecular complexity index is 966. The maximum Gasteiger partial charge on any atom is 0.407 e.